The van der Waals surface area contributed by atoms with Crippen LogP contribution in [-0.4, -0.2) is 23.5 Å². The Morgan fingerprint density at radius 1 is 1.15 bits per heavy atom. The molecule has 0 spiro atoms. The first-order valence-electron chi connectivity index (χ1n) is 8.85. The monoisotopic (exact) mass is 382 g/mol. The van der Waals surface area contributed by atoms with E-state index in [4.69, 9.17) is 4.74 Å². The van der Waals surface area contributed by atoms with Crippen LogP contribution >= 0.6 is 11.3 Å². The lowest BCUT2D eigenvalue weighted by molar-refractivity contribution is -0.115. The maximum absolute atomic E-state index is 12.5. The summed E-state index contributed by atoms with van der Waals surface area (Å²) in [6, 6.07) is 13.9. The van der Waals surface area contributed by atoms with Crippen molar-refractivity contribution in [2.75, 3.05) is 11.9 Å². The molecule has 2 aromatic carbocycles. The Hall–Kier alpha value is -2.73. The number of fused-ring (bicyclic) bond motifs is 1. The van der Waals surface area contributed by atoms with Gasteiger partial charge in [-0.15, -0.1) is 0 Å². The second-order valence-corrected chi connectivity index (χ2v) is 7.79. The molecule has 0 saturated carbocycles. The molecule has 0 radical (unpaired) electrons. The second kappa shape index (κ2) is 8.31. The zero-order valence-corrected chi connectivity index (χ0v) is 16.4. The fourth-order valence-corrected chi connectivity index (χ4v) is 3.61. The Balaban J connectivity index is 1.69. The van der Waals surface area contributed by atoms with Crippen LogP contribution in [0.15, 0.2) is 42.5 Å². The van der Waals surface area contributed by atoms with E-state index < -0.39 is 5.97 Å². The summed E-state index contributed by atoms with van der Waals surface area (Å²) < 4.78 is 5.25. The molecule has 3 rings (SSSR count). The number of aromatic nitrogens is 1. The summed E-state index contributed by atoms with van der Waals surface area (Å²) in [6.07, 6.45) is 0.243. The molecule has 0 aliphatic rings. The fraction of sp³-hybridized carbons (Fsp3) is 0.286. The van der Waals surface area contributed by atoms with Crippen LogP contribution in [0, 0.1) is 12.8 Å². The first-order valence-corrected chi connectivity index (χ1v) is 9.66. The van der Waals surface area contributed by atoms with Crippen LogP contribution in [0.25, 0.3) is 10.8 Å². The zero-order valence-electron chi connectivity index (χ0n) is 15.6. The highest BCUT2D eigenvalue weighted by atomic mass is 32.1. The lowest BCUT2D eigenvalue weighted by atomic mass is 10.0. The minimum absolute atomic E-state index is 0.165. The molecule has 3 aromatic rings. The third-order valence-corrected chi connectivity index (χ3v) is 5.06. The van der Waals surface area contributed by atoms with Crippen LogP contribution in [0.3, 0.4) is 0 Å². The Morgan fingerprint density at radius 3 is 2.67 bits per heavy atom. The molecule has 140 valence electrons. The van der Waals surface area contributed by atoms with Gasteiger partial charge in [-0.25, -0.2) is 9.78 Å². The molecule has 0 atom stereocenters. The van der Waals surface area contributed by atoms with Crippen molar-refractivity contribution in [3.05, 3.63) is 58.6 Å². The highest BCUT2D eigenvalue weighted by Gasteiger charge is 2.18. The van der Waals surface area contributed by atoms with Crippen LogP contribution in [-0.2, 0) is 16.0 Å². The quantitative estimate of drug-likeness (QED) is 0.633. The second-order valence-electron chi connectivity index (χ2n) is 6.79. The molecule has 5 nitrogen and oxygen atoms in total. The Kier molecular flexibility index (Phi) is 5.86. The van der Waals surface area contributed by atoms with Crippen LogP contribution in [0.4, 0.5) is 5.13 Å². The summed E-state index contributed by atoms with van der Waals surface area (Å²) in [6.45, 7) is 6.05. The number of anilines is 1. The number of ether oxygens (including phenoxy) is 1. The van der Waals surface area contributed by atoms with Crippen molar-refractivity contribution in [1.82, 2.24) is 4.98 Å². The van der Waals surface area contributed by atoms with Crippen molar-refractivity contribution in [2.45, 2.75) is 27.2 Å². The molecular weight excluding hydrogens is 360 g/mol. The number of rotatable bonds is 6. The number of nitrogens with zero attached hydrogens (tertiary/aromatic N) is 1. The van der Waals surface area contributed by atoms with Gasteiger partial charge in [-0.1, -0.05) is 67.6 Å². The van der Waals surface area contributed by atoms with E-state index in [1.165, 1.54) is 0 Å². The molecule has 1 aromatic heterocycles. The lowest BCUT2D eigenvalue weighted by Crippen LogP contribution is -2.14. The van der Waals surface area contributed by atoms with Gasteiger partial charge >= 0.3 is 5.97 Å². The fourth-order valence-electron chi connectivity index (χ4n) is 2.73. The van der Waals surface area contributed by atoms with Gasteiger partial charge in [0.05, 0.1) is 18.7 Å². The first-order chi connectivity index (χ1) is 12.9. The SMILES string of the molecule is Cc1nc(NC(=O)Cc2cccc3ccccc23)sc1C(=O)OCC(C)C. The maximum atomic E-state index is 12.5. The molecule has 0 fully saturated rings. The Labute approximate surface area is 162 Å². The number of thiazole rings is 1. The van der Waals surface area contributed by atoms with E-state index in [1.807, 2.05) is 56.3 Å². The maximum Gasteiger partial charge on any atom is 0.350 e. The minimum Gasteiger partial charge on any atom is -0.461 e. The normalized spacial score (nSPS) is 11.0. The number of benzene rings is 2. The molecular formula is C21H22N2O3S. The summed E-state index contributed by atoms with van der Waals surface area (Å²) in [4.78, 5) is 29.3. The van der Waals surface area contributed by atoms with Crippen molar-refractivity contribution in [3.8, 4) is 0 Å². The highest BCUT2D eigenvalue weighted by Crippen LogP contribution is 2.24. The minimum atomic E-state index is -0.395. The number of esters is 1. The van der Waals surface area contributed by atoms with Crippen molar-refractivity contribution in [1.29, 1.82) is 0 Å². The smallest absolute Gasteiger partial charge is 0.350 e. The van der Waals surface area contributed by atoms with Crippen LogP contribution < -0.4 is 5.32 Å². The van der Waals surface area contributed by atoms with E-state index in [2.05, 4.69) is 10.3 Å². The summed E-state index contributed by atoms with van der Waals surface area (Å²) in [5.41, 5.74) is 1.52. The van der Waals surface area contributed by atoms with Crippen LogP contribution in [0.5, 0.6) is 0 Å². The van der Waals surface area contributed by atoms with E-state index >= 15 is 0 Å². The van der Waals surface area contributed by atoms with Gasteiger partial charge in [0.15, 0.2) is 5.13 Å². The van der Waals surface area contributed by atoms with Crippen molar-refractivity contribution >= 4 is 39.1 Å². The van der Waals surface area contributed by atoms with Gasteiger partial charge in [0.25, 0.3) is 0 Å². The van der Waals surface area contributed by atoms with E-state index in [1.54, 1.807) is 6.92 Å². The number of nitrogens with one attached hydrogen (secondary N) is 1. The van der Waals surface area contributed by atoms with E-state index in [0.717, 1.165) is 27.7 Å². The van der Waals surface area contributed by atoms with E-state index in [9.17, 15) is 9.59 Å². The zero-order chi connectivity index (χ0) is 19.4. The standard InChI is InChI=1S/C21H22N2O3S/c1-13(2)12-26-20(25)19-14(3)22-21(27-19)23-18(24)11-16-9-6-8-15-7-4-5-10-17(15)16/h4-10,13H,11-12H2,1-3H3,(H,22,23,24). The van der Waals surface area contributed by atoms with E-state index in [-0.39, 0.29) is 18.2 Å². The largest absolute Gasteiger partial charge is 0.461 e. The third-order valence-electron chi connectivity index (χ3n) is 4.01. The summed E-state index contributed by atoms with van der Waals surface area (Å²) >= 11 is 1.14. The number of amides is 1. The lowest BCUT2D eigenvalue weighted by Gasteiger charge is -2.06. The average Bonchev–Trinajstić information content (AvgIpc) is 3.00. The van der Waals surface area contributed by atoms with Gasteiger partial charge in [0, 0.05) is 0 Å². The number of hydrogen-bond donors (Lipinski definition) is 1. The van der Waals surface area contributed by atoms with Gasteiger partial charge in [0.2, 0.25) is 5.91 Å². The van der Waals surface area contributed by atoms with Gasteiger partial charge in [-0.05, 0) is 29.2 Å². The molecule has 1 heterocycles. The highest BCUT2D eigenvalue weighted by molar-refractivity contribution is 7.17. The topological polar surface area (TPSA) is 68.3 Å². The number of hydrogen-bond acceptors (Lipinski definition) is 5. The molecule has 0 aliphatic carbocycles. The molecule has 0 aliphatic heterocycles. The molecule has 27 heavy (non-hydrogen) atoms. The Bertz CT molecular complexity index is 973. The Morgan fingerprint density at radius 2 is 1.89 bits per heavy atom. The molecule has 0 saturated heterocycles. The van der Waals surface area contributed by atoms with Crippen LogP contribution in [0.1, 0.15) is 34.8 Å². The summed E-state index contributed by atoms with van der Waals surface area (Å²) in [5, 5.41) is 5.37. The third kappa shape index (κ3) is 4.71. The predicted molar refractivity (Wildman–Crippen MR) is 108 cm³/mol. The molecule has 6 heteroatoms. The first kappa shape index (κ1) is 19.0. The predicted octanol–water partition coefficient (Wildman–Crippen LogP) is 4.60. The van der Waals surface area contributed by atoms with Gasteiger partial charge in [0.1, 0.15) is 4.88 Å². The van der Waals surface area contributed by atoms with Crippen LogP contribution in [0.2, 0.25) is 0 Å². The number of aryl methyl sites for hydroxylation is 1. The van der Waals surface area contributed by atoms with Gasteiger partial charge in [-0.2, -0.15) is 0 Å². The molecule has 0 unspecified atom stereocenters. The number of carbonyl (C=O) groups is 2. The number of carbonyl (C=O) groups excluding carboxylic acids is 2. The van der Waals surface area contributed by atoms with Crippen molar-refractivity contribution in [3.63, 3.8) is 0 Å². The van der Waals surface area contributed by atoms with Crippen molar-refractivity contribution < 1.29 is 14.3 Å². The molecule has 0 bridgehead atoms. The summed E-state index contributed by atoms with van der Waals surface area (Å²) in [7, 11) is 0. The van der Waals surface area contributed by atoms with Gasteiger partial charge < -0.3 is 10.1 Å². The summed E-state index contributed by atoms with van der Waals surface area (Å²) in [5.74, 6) is -0.294. The van der Waals surface area contributed by atoms with Crippen molar-refractivity contribution in [2.24, 2.45) is 5.92 Å². The molecule has 1 N–H and O–H groups in total. The molecule has 1 amide bonds. The van der Waals surface area contributed by atoms with Gasteiger partial charge in [-0.3, -0.25) is 4.79 Å². The van der Waals surface area contributed by atoms with E-state index in [0.29, 0.717) is 22.3 Å². The average molecular weight is 382 g/mol.